The van der Waals surface area contributed by atoms with Crippen LogP contribution in [-0.4, -0.2) is 9.97 Å². The van der Waals surface area contributed by atoms with Gasteiger partial charge < -0.3 is 0 Å². The third kappa shape index (κ3) is 2.02. The number of hydrogen-bond acceptors (Lipinski definition) is 3. The van der Waals surface area contributed by atoms with Gasteiger partial charge >= 0.3 is 0 Å². The maximum Gasteiger partial charge on any atom is 0.116 e. The molecule has 1 aromatic heterocycles. The van der Waals surface area contributed by atoms with Crippen molar-refractivity contribution in [2.24, 2.45) is 0 Å². The highest BCUT2D eigenvalue weighted by atomic mass is 79.9. The van der Waals surface area contributed by atoms with Crippen LogP contribution in [0.15, 0.2) is 17.1 Å². The van der Waals surface area contributed by atoms with E-state index in [2.05, 4.69) is 32.0 Å². The Labute approximate surface area is 79.6 Å². The van der Waals surface area contributed by atoms with Crippen LogP contribution in [0.2, 0.25) is 0 Å². The van der Waals surface area contributed by atoms with Crippen LogP contribution in [0.3, 0.4) is 0 Å². The molecule has 0 N–H and O–H groups in total. The molecule has 0 saturated heterocycles. The molecule has 0 amide bonds. The van der Waals surface area contributed by atoms with Gasteiger partial charge in [-0.1, -0.05) is 6.92 Å². The third-order valence-electron chi connectivity index (χ3n) is 1.62. The van der Waals surface area contributed by atoms with Crippen LogP contribution in [0.5, 0.6) is 0 Å². The fourth-order valence-electron chi connectivity index (χ4n) is 0.903. The lowest BCUT2D eigenvalue weighted by Gasteiger charge is -2.07. The van der Waals surface area contributed by atoms with Gasteiger partial charge in [-0.15, -0.1) is 0 Å². The highest BCUT2D eigenvalue weighted by Gasteiger charge is 2.09. The molecule has 1 heterocycles. The average molecular weight is 226 g/mol. The van der Waals surface area contributed by atoms with Gasteiger partial charge in [0.25, 0.3) is 0 Å². The molecule has 1 unspecified atom stereocenters. The van der Waals surface area contributed by atoms with E-state index in [1.54, 1.807) is 6.20 Å². The summed E-state index contributed by atoms with van der Waals surface area (Å²) >= 11 is 3.31. The number of nitrogens with zero attached hydrogens (tertiary/aromatic N) is 3. The van der Waals surface area contributed by atoms with Crippen LogP contribution in [0.4, 0.5) is 0 Å². The van der Waals surface area contributed by atoms with E-state index < -0.39 is 0 Å². The molecular formula is C8H8BrN3. The van der Waals surface area contributed by atoms with Crippen molar-refractivity contribution in [2.45, 2.75) is 19.3 Å². The molecule has 1 atom stereocenters. The van der Waals surface area contributed by atoms with Gasteiger partial charge in [-0.3, -0.25) is 0 Å². The zero-order valence-corrected chi connectivity index (χ0v) is 8.24. The van der Waals surface area contributed by atoms with Crippen molar-refractivity contribution in [1.29, 1.82) is 5.26 Å². The van der Waals surface area contributed by atoms with Crippen LogP contribution in [-0.2, 0) is 0 Å². The Kier molecular flexibility index (Phi) is 3.18. The first-order chi connectivity index (χ1) is 5.75. The number of halogens is 1. The largest absolute Gasteiger partial charge is 0.244 e. The first kappa shape index (κ1) is 9.14. The number of hydrogen-bond donors (Lipinski definition) is 0. The molecule has 62 valence electrons. The van der Waals surface area contributed by atoms with Gasteiger partial charge in [0.1, 0.15) is 10.9 Å². The fourth-order valence-corrected chi connectivity index (χ4v) is 1.49. The molecule has 0 fully saturated rings. The van der Waals surface area contributed by atoms with E-state index in [0.717, 1.165) is 10.2 Å². The van der Waals surface area contributed by atoms with Crippen LogP contribution in [0.1, 0.15) is 24.8 Å². The molecular weight excluding hydrogens is 218 g/mol. The maximum atomic E-state index is 8.48. The van der Waals surface area contributed by atoms with Gasteiger partial charge in [0, 0.05) is 18.2 Å². The summed E-state index contributed by atoms with van der Waals surface area (Å²) < 4.78 is 0.778. The van der Waals surface area contributed by atoms with Crippen molar-refractivity contribution in [3.05, 3.63) is 22.7 Å². The normalized spacial score (nSPS) is 12.1. The van der Waals surface area contributed by atoms with E-state index in [4.69, 9.17) is 5.26 Å². The molecule has 1 aromatic rings. The fraction of sp³-hybridized carbons (Fsp3) is 0.375. The van der Waals surface area contributed by atoms with E-state index in [0.29, 0.717) is 6.42 Å². The first-order valence-electron chi connectivity index (χ1n) is 3.58. The number of rotatable bonds is 2. The SMILES string of the molecule is CC(CC#N)c1cncnc1Br. The Balaban J connectivity index is 2.88. The smallest absolute Gasteiger partial charge is 0.116 e. The van der Waals surface area contributed by atoms with Gasteiger partial charge in [-0.2, -0.15) is 5.26 Å². The second kappa shape index (κ2) is 4.17. The molecule has 4 heteroatoms. The summed E-state index contributed by atoms with van der Waals surface area (Å²) in [4.78, 5) is 7.88. The molecule has 0 spiro atoms. The molecule has 0 saturated carbocycles. The summed E-state index contributed by atoms with van der Waals surface area (Å²) in [6.45, 7) is 1.98. The van der Waals surface area contributed by atoms with Gasteiger partial charge in [0.2, 0.25) is 0 Å². The molecule has 3 nitrogen and oxygen atoms in total. The van der Waals surface area contributed by atoms with Crippen molar-refractivity contribution in [1.82, 2.24) is 9.97 Å². The minimum atomic E-state index is 0.186. The van der Waals surface area contributed by atoms with Gasteiger partial charge in [0.15, 0.2) is 0 Å². The Hall–Kier alpha value is -0.950. The number of aromatic nitrogens is 2. The highest BCUT2D eigenvalue weighted by Crippen LogP contribution is 2.23. The van der Waals surface area contributed by atoms with E-state index in [1.165, 1.54) is 6.33 Å². The van der Waals surface area contributed by atoms with Crippen molar-refractivity contribution in [3.8, 4) is 6.07 Å². The predicted molar refractivity (Wildman–Crippen MR) is 48.4 cm³/mol. The second-order valence-corrected chi connectivity index (χ2v) is 3.28. The quantitative estimate of drug-likeness (QED) is 0.726. The third-order valence-corrected chi connectivity index (χ3v) is 2.28. The summed E-state index contributed by atoms with van der Waals surface area (Å²) in [5, 5.41) is 8.48. The molecule has 12 heavy (non-hydrogen) atoms. The summed E-state index contributed by atoms with van der Waals surface area (Å²) in [5.41, 5.74) is 0.985. The average Bonchev–Trinajstić information content (AvgIpc) is 2.05. The van der Waals surface area contributed by atoms with Crippen molar-refractivity contribution in [3.63, 3.8) is 0 Å². The zero-order valence-electron chi connectivity index (χ0n) is 6.66. The Morgan fingerprint density at radius 2 is 2.50 bits per heavy atom. The Bertz CT molecular complexity index is 305. The van der Waals surface area contributed by atoms with E-state index in [9.17, 15) is 0 Å². The Morgan fingerprint density at radius 3 is 3.08 bits per heavy atom. The first-order valence-corrected chi connectivity index (χ1v) is 4.37. The molecule has 1 rings (SSSR count). The molecule has 0 aliphatic rings. The highest BCUT2D eigenvalue weighted by molar-refractivity contribution is 9.10. The molecule has 0 bridgehead atoms. The van der Waals surface area contributed by atoms with Crippen molar-refractivity contribution >= 4 is 15.9 Å². The lowest BCUT2D eigenvalue weighted by Crippen LogP contribution is -1.96. The van der Waals surface area contributed by atoms with E-state index in [1.807, 2.05) is 6.92 Å². The molecule has 0 aromatic carbocycles. The van der Waals surface area contributed by atoms with Crippen molar-refractivity contribution < 1.29 is 0 Å². The van der Waals surface area contributed by atoms with Gasteiger partial charge in [-0.05, 0) is 21.8 Å². The minimum absolute atomic E-state index is 0.186. The maximum absolute atomic E-state index is 8.48. The molecule has 0 radical (unpaired) electrons. The summed E-state index contributed by atoms with van der Waals surface area (Å²) in [6, 6.07) is 2.12. The van der Waals surface area contributed by atoms with Crippen LogP contribution in [0, 0.1) is 11.3 Å². The minimum Gasteiger partial charge on any atom is -0.244 e. The van der Waals surface area contributed by atoms with Crippen LogP contribution >= 0.6 is 15.9 Å². The Morgan fingerprint density at radius 1 is 1.75 bits per heavy atom. The summed E-state index contributed by atoms with van der Waals surface area (Å²) in [5.74, 6) is 0.186. The second-order valence-electron chi connectivity index (χ2n) is 2.53. The molecule has 0 aliphatic carbocycles. The van der Waals surface area contributed by atoms with Gasteiger partial charge in [-0.25, -0.2) is 9.97 Å². The monoisotopic (exact) mass is 225 g/mol. The molecule has 0 aliphatic heterocycles. The number of nitriles is 1. The van der Waals surface area contributed by atoms with E-state index in [-0.39, 0.29) is 5.92 Å². The predicted octanol–water partition coefficient (Wildman–Crippen LogP) is 2.26. The van der Waals surface area contributed by atoms with Crippen LogP contribution in [0.25, 0.3) is 0 Å². The van der Waals surface area contributed by atoms with E-state index >= 15 is 0 Å². The standard InChI is InChI=1S/C8H8BrN3/c1-6(2-3-10)7-4-11-5-12-8(7)9/h4-6H,2H2,1H3. The van der Waals surface area contributed by atoms with Crippen molar-refractivity contribution in [2.75, 3.05) is 0 Å². The summed E-state index contributed by atoms with van der Waals surface area (Å²) in [7, 11) is 0. The van der Waals surface area contributed by atoms with Gasteiger partial charge in [0.05, 0.1) is 6.07 Å². The zero-order chi connectivity index (χ0) is 8.97. The topological polar surface area (TPSA) is 49.6 Å². The lowest BCUT2D eigenvalue weighted by molar-refractivity contribution is 0.769. The lowest BCUT2D eigenvalue weighted by atomic mass is 10.0. The van der Waals surface area contributed by atoms with Crippen LogP contribution < -0.4 is 0 Å². The summed E-state index contributed by atoms with van der Waals surface area (Å²) in [6.07, 6.45) is 3.71.